The maximum absolute atomic E-state index is 13.6. The second kappa shape index (κ2) is 5.82. The van der Waals surface area contributed by atoms with E-state index in [1.54, 1.807) is 0 Å². The fraction of sp³-hybridized carbons (Fsp3) is 0.462. The molecule has 1 unspecified atom stereocenters. The molecule has 0 aromatic heterocycles. The molecule has 0 saturated carbocycles. The summed E-state index contributed by atoms with van der Waals surface area (Å²) in [5.74, 6) is -4.76. The molecule has 1 amide bonds. The van der Waals surface area contributed by atoms with E-state index in [0.29, 0.717) is 6.54 Å². The van der Waals surface area contributed by atoms with E-state index in [-0.39, 0.29) is 11.9 Å². The fourth-order valence-corrected chi connectivity index (χ4v) is 2.60. The third-order valence-electron chi connectivity index (χ3n) is 3.33. The summed E-state index contributed by atoms with van der Waals surface area (Å²) in [5.41, 5.74) is -0.448. The van der Waals surface area contributed by atoms with Crippen molar-refractivity contribution >= 4 is 17.5 Å². The van der Waals surface area contributed by atoms with E-state index >= 15 is 0 Å². The Morgan fingerprint density at radius 3 is 2.68 bits per heavy atom. The predicted molar refractivity (Wildman–Crippen MR) is 65.7 cm³/mol. The number of nitrogens with zero attached hydrogens (tertiary/aromatic N) is 1. The molecule has 0 aliphatic carbocycles. The van der Waals surface area contributed by atoms with E-state index in [1.165, 1.54) is 4.90 Å². The maximum atomic E-state index is 13.6. The number of likely N-dealkylation sites (tertiary alicyclic amines) is 1. The highest BCUT2D eigenvalue weighted by molar-refractivity contribution is 6.18. The molecule has 1 saturated heterocycles. The van der Waals surface area contributed by atoms with Gasteiger partial charge in [0, 0.05) is 18.5 Å². The van der Waals surface area contributed by atoms with Gasteiger partial charge >= 0.3 is 0 Å². The average molecular weight is 292 g/mol. The lowest BCUT2D eigenvalue weighted by atomic mass is 10.0. The number of amides is 1. The van der Waals surface area contributed by atoms with Gasteiger partial charge in [-0.1, -0.05) is 0 Å². The first kappa shape index (κ1) is 14.2. The third kappa shape index (κ3) is 2.71. The lowest BCUT2D eigenvalue weighted by Gasteiger charge is -2.34. The van der Waals surface area contributed by atoms with Gasteiger partial charge in [-0.3, -0.25) is 4.79 Å². The van der Waals surface area contributed by atoms with Crippen molar-refractivity contribution in [3.05, 3.63) is 35.1 Å². The molecule has 0 spiro atoms. The quantitative estimate of drug-likeness (QED) is 0.604. The van der Waals surface area contributed by atoms with Gasteiger partial charge in [0.1, 0.15) is 0 Å². The highest BCUT2D eigenvalue weighted by Gasteiger charge is 2.29. The van der Waals surface area contributed by atoms with Crippen molar-refractivity contribution in [2.75, 3.05) is 12.4 Å². The predicted octanol–water partition coefficient (Wildman–Crippen LogP) is 3.34. The van der Waals surface area contributed by atoms with Gasteiger partial charge in [0.2, 0.25) is 0 Å². The molecule has 1 aliphatic rings. The highest BCUT2D eigenvalue weighted by Crippen LogP contribution is 2.23. The van der Waals surface area contributed by atoms with Crippen LogP contribution in [-0.2, 0) is 0 Å². The molecule has 2 nitrogen and oxygen atoms in total. The number of piperidine rings is 1. The van der Waals surface area contributed by atoms with E-state index in [2.05, 4.69) is 0 Å². The topological polar surface area (TPSA) is 20.3 Å². The van der Waals surface area contributed by atoms with Crippen LogP contribution in [0.2, 0.25) is 0 Å². The molecular formula is C13H13ClF3NO. The van der Waals surface area contributed by atoms with E-state index in [0.717, 1.165) is 31.4 Å². The largest absolute Gasteiger partial charge is 0.334 e. The normalized spacial score (nSPS) is 19.6. The molecule has 1 atom stereocenters. The van der Waals surface area contributed by atoms with Crippen molar-refractivity contribution in [1.82, 2.24) is 4.90 Å². The second-order valence-corrected chi connectivity index (χ2v) is 4.83. The molecule has 0 N–H and O–H groups in total. The minimum atomic E-state index is -1.62. The number of alkyl halides is 1. The average Bonchev–Trinajstić information content (AvgIpc) is 2.44. The lowest BCUT2D eigenvalue weighted by Crippen LogP contribution is -2.45. The van der Waals surface area contributed by atoms with Gasteiger partial charge in [0.15, 0.2) is 17.5 Å². The molecule has 0 radical (unpaired) electrons. The van der Waals surface area contributed by atoms with Gasteiger partial charge in [-0.05, 0) is 31.4 Å². The molecule has 104 valence electrons. The summed E-state index contributed by atoms with van der Waals surface area (Å²) >= 11 is 5.78. The van der Waals surface area contributed by atoms with Crippen molar-refractivity contribution in [3.8, 4) is 0 Å². The van der Waals surface area contributed by atoms with Gasteiger partial charge in [-0.15, -0.1) is 11.6 Å². The standard InChI is InChI=1S/C13H13ClF3NO/c14-7-8-3-1-2-6-18(8)13(19)9-4-5-10(15)12(17)11(9)16/h4-5,8H,1-3,6-7H2. The Morgan fingerprint density at radius 2 is 2.00 bits per heavy atom. The summed E-state index contributed by atoms with van der Waals surface area (Å²) < 4.78 is 39.6. The molecule has 1 aromatic rings. The minimum Gasteiger partial charge on any atom is -0.334 e. The Labute approximate surface area is 114 Å². The number of hydrogen-bond acceptors (Lipinski definition) is 1. The van der Waals surface area contributed by atoms with Gasteiger partial charge in [0.25, 0.3) is 5.91 Å². The minimum absolute atomic E-state index is 0.185. The zero-order chi connectivity index (χ0) is 14.0. The molecular weight excluding hydrogens is 279 g/mol. The molecule has 2 rings (SSSR count). The Kier molecular flexibility index (Phi) is 4.34. The number of carbonyl (C=O) groups is 1. The number of halogens is 4. The van der Waals surface area contributed by atoms with Crippen LogP contribution in [0.25, 0.3) is 0 Å². The smallest absolute Gasteiger partial charge is 0.257 e. The Bertz CT molecular complexity index is 495. The second-order valence-electron chi connectivity index (χ2n) is 4.53. The molecule has 6 heteroatoms. The van der Waals surface area contributed by atoms with Gasteiger partial charge in [0.05, 0.1) is 5.56 Å². The number of hydrogen-bond donors (Lipinski definition) is 0. The van der Waals surface area contributed by atoms with E-state index in [4.69, 9.17) is 11.6 Å². The van der Waals surface area contributed by atoms with Crippen LogP contribution in [0.1, 0.15) is 29.6 Å². The Hall–Kier alpha value is -1.23. The Morgan fingerprint density at radius 1 is 1.26 bits per heavy atom. The van der Waals surface area contributed by atoms with Crippen LogP contribution in [-0.4, -0.2) is 29.3 Å². The number of benzene rings is 1. The maximum Gasteiger partial charge on any atom is 0.257 e. The van der Waals surface area contributed by atoms with Crippen LogP contribution in [0.15, 0.2) is 12.1 Å². The SMILES string of the molecule is O=C(c1ccc(F)c(F)c1F)N1CCCCC1CCl. The molecule has 0 bridgehead atoms. The summed E-state index contributed by atoms with van der Waals surface area (Å²) in [5, 5.41) is 0. The summed E-state index contributed by atoms with van der Waals surface area (Å²) in [4.78, 5) is 13.6. The van der Waals surface area contributed by atoms with Crippen molar-refractivity contribution in [3.63, 3.8) is 0 Å². The number of carbonyl (C=O) groups excluding carboxylic acids is 1. The van der Waals surface area contributed by atoms with Crippen LogP contribution in [0, 0.1) is 17.5 Å². The van der Waals surface area contributed by atoms with Crippen molar-refractivity contribution in [2.45, 2.75) is 25.3 Å². The summed E-state index contributed by atoms with van der Waals surface area (Å²) in [6.45, 7) is 0.453. The van der Waals surface area contributed by atoms with Crippen molar-refractivity contribution in [2.24, 2.45) is 0 Å². The summed E-state index contributed by atoms with van der Waals surface area (Å²) in [7, 11) is 0. The molecule has 1 fully saturated rings. The van der Waals surface area contributed by atoms with Crippen molar-refractivity contribution in [1.29, 1.82) is 0 Å². The first-order chi connectivity index (χ1) is 9.06. The van der Waals surface area contributed by atoms with E-state index < -0.39 is 28.9 Å². The lowest BCUT2D eigenvalue weighted by molar-refractivity contribution is 0.0633. The molecule has 1 heterocycles. The third-order valence-corrected chi connectivity index (χ3v) is 3.69. The molecule has 19 heavy (non-hydrogen) atoms. The number of rotatable bonds is 2. The first-order valence-corrected chi connectivity index (χ1v) is 6.60. The van der Waals surface area contributed by atoms with Gasteiger partial charge in [-0.25, -0.2) is 13.2 Å². The van der Waals surface area contributed by atoms with Crippen LogP contribution >= 0.6 is 11.6 Å². The van der Waals surface area contributed by atoms with Crippen LogP contribution < -0.4 is 0 Å². The summed E-state index contributed by atoms with van der Waals surface area (Å²) in [6.07, 6.45) is 2.48. The fourth-order valence-electron chi connectivity index (χ4n) is 2.27. The zero-order valence-electron chi connectivity index (χ0n) is 10.1. The van der Waals surface area contributed by atoms with Crippen LogP contribution in [0.5, 0.6) is 0 Å². The zero-order valence-corrected chi connectivity index (χ0v) is 10.9. The Balaban J connectivity index is 2.31. The molecule has 1 aliphatic heterocycles. The van der Waals surface area contributed by atoms with E-state index in [1.807, 2.05) is 0 Å². The van der Waals surface area contributed by atoms with E-state index in [9.17, 15) is 18.0 Å². The van der Waals surface area contributed by atoms with Gasteiger partial charge < -0.3 is 4.90 Å². The monoisotopic (exact) mass is 291 g/mol. The van der Waals surface area contributed by atoms with Crippen molar-refractivity contribution < 1.29 is 18.0 Å². The first-order valence-electron chi connectivity index (χ1n) is 6.06. The highest BCUT2D eigenvalue weighted by atomic mass is 35.5. The summed E-state index contributed by atoms with van der Waals surface area (Å²) in [6, 6.07) is 1.54. The van der Waals surface area contributed by atoms with Crippen LogP contribution in [0.4, 0.5) is 13.2 Å². The van der Waals surface area contributed by atoms with Crippen LogP contribution in [0.3, 0.4) is 0 Å². The van der Waals surface area contributed by atoms with Gasteiger partial charge in [-0.2, -0.15) is 0 Å². The molecule has 1 aromatic carbocycles.